The summed E-state index contributed by atoms with van der Waals surface area (Å²) in [4.78, 5) is 0. The first-order valence-electron chi connectivity index (χ1n) is 6.30. The molecule has 2 heterocycles. The third kappa shape index (κ3) is 2.32. The van der Waals surface area contributed by atoms with Crippen molar-refractivity contribution in [2.24, 2.45) is 0 Å². The van der Waals surface area contributed by atoms with E-state index in [0.29, 0.717) is 11.4 Å². The van der Waals surface area contributed by atoms with Crippen molar-refractivity contribution in [3.63, 3.8) is 0 Å². The molecule has 0 atom stereocenters. The molecule has 0 spiro atoms. The SMILES string of the molecule is Cc1n[nH]c(C)c1Cc1nncn1-c1ccc(Cl)cc1. The molecule has 0 fully saturated rings. The van der Waals surface area contributed by atoms with E-state index in [2.05, 4.69) is 20.4 Å². The van der Waals surface area contributed by atoms with Crippen LogP contribution in [0, 0.1) is 13.8 Å². The first kappa shape index (κ1) is 12.9. The highest BCUT2D eigenvalue weighted by Crippen LogP contribution is 2.18. The Morgan fingerprint density at radius 3 is 2.60 bits per heavy atom. The average molecular weight is 288 g/mol. The Morgan fingerprint density at radius 1 is 1.20 bits per heavy atom. The van der Waals surface area contributed by atoms with Crippen LogP contribution in [-0.4, -0.2) is 25.0 Å². The predicted octanol–water partition coefficient (Wildman–Crippen LogP) is 2.85. The molecule has 2 aromatic heterocycles. The fraction of sp³-hybridized carbons (Fsp3) is 0.214. The van der Waals surface area contributed by atoms with E-state index < -0.39 is 0 Å². The Morgan fingerprint density at radius 2 is 1.95 bits per heavy atom. The maximum Gasteiger partial charge on any atom is 0.141 e. The second kappa shape index (κ2) is 5.09. The van der Waals surface area contributed by atoms with Crippen LogP contribution in [0.2, 0.25) is 5.02 Å². The van der Waals surface area contributed by atoms with Gasteiger partial charge in [0.05, 0.1) is 5.69 Å². The first-order chi connectivity index (χ1) is 9.65. The lowest BCUT2D eigenvalue weighted by Crippen LogP contribution is -2.02. The minimum Gasteiger partial charge on any atom is -0.285 e. The zero-order valence-electron chi connectivity index (χ0n) is 11.3. The van der Waals surface area contributed by atoms with Crippen LogP contribution in [0.1, 0.15) is 22.8 Å². The van der Waals surface area contributed by atoms with E-state index in [0.717, 1.165) is 28.5 Å². The van der Waals surface area contributed by atoms with Crippen molar-refractivity contribution in [2.45, 2.75) is 20.3 Å². The van der Waals surface area contributed by atoms with Crippen LogP contribution < -0.4 is 0 Å². The molecule has 3 rings (SSSR count). The van der Waals surface area contributed by atoms with Crippen LogP contribution in [0.5, 0.6) is 0 Å². The lowest BCUT2D eigenvalue weighted by molar-refractivity contribution is 0.897. The highest BCUT2D eigenvalue weighted by atomic mass is 35.5. The van der Waals surface area contributed by atoms with Gasteiger partial charge in [0.15, 0.2) is 0 Å². The van der Waals surface area contributed by atoms with Crippen LogP contribution >= 0.6 is 11.6 Å². The van der Waals surface area contributed by atoms with Gasteiger partial charge < -0.3 is 0 Å². The minimum absolute atomic E-state index is 0.691. The summed E-state index contributed by atoms with van der Waals surface area (Å²) in [7, 11) is 0. The molecule has 6 heteroatoms. The Kier molecular flexibility index (Phi) is 3.28. The van der Waals surface area contributed by atoms with Gasteiger partial charge in [0.2, 0.25) is 0 Å². The maximum atomic E-state index is 5.92. The molecule has 0 amide bonds. The number of benzene rings is 1. The largest absolute Gasteiger partial charge is 0.285 e. The standard InChI is InChI=1S/C14H14ClN5/c1-9-13(10(2)18-17-9)7-14-19-16-8-20(14)12-5-3-11(15)4-6-12/h3-6,8H,7H2,1-2H3,(H,17,18). The molecule has 5 nitrogen and oxygen atoms in total. The van der Waals surface area contributed by atoms with Gasteiger partial charge in [-0.2, -0.15) is 5.10 Å². The Balaban J connectivity index is 1.97. The first-order valence-corrected chi connectivity index (χ1v) is 6.68. The van der Waals surface area contributed by atoms with Crippen LogP contribution in [0.15, 0.2) is 30.6 Å². The van der Waals surface area contributed by atoms with Crippen LogP contribution in [-0.2, 0) is 6.42 Å². The number of aromatic nitrogens is 5. The molecular weight excluding hydrogens is 274 g/mol. The monoisotopic (exact) mass is 287 g/mol. The van der Waals surface area contributed by atoms with Crippen molar-refractivity contribution in [1.82, 2.24) is 25.0 Å². The molecule has 3 aromatic rings. The molecule has 1 aromatic carbocycles. The summed E-state index contributed by atoms with van der Waals surface area (Å²) in [6.07, 6.45) is 2.40. The van der Waals surface area contributed by atoms with Gasteiger partial charge in [0, 0.05) is 28.4 Å². The van der Waals surface area contributed by atoms with E-state index in [-0.39, 0.29) is 0 Å². The highest BCUT2D eigenvalue weighted by Gasteiger charge is 2.12. The predicted molar refractivity (Wildman–Crippen MR) is 77.2 cm³/mol. The van der Waals surface area contributed by atoms with Gasteiger partial charge in [0.25, 0.3) is 0 Å². The molecule has 0 aliphatic heterocycles. The quantitative estimate of drug-likeness (QED) is 0.806. The number of aromatic amines is 1. The molecule has 0 bridgehead atoms. The lowest BCUT2D eigenvalue weighted by atomic mass is 10.1. The molecule has 102 valence electrons. The Hall–Kier alpha value is -2.14. The summed E-state index contributed by atoms with van der Waals surface area (Å²) in [5, 5.41) is 16.1. The van der Waals surface area contributed by atoms with Gasteiger partial charge in [-0.1, -0.05) is 11.6 Å². The number of nitrogens with one attached hydrogen (secondary N) is 1. The summed E-state index contributed by atoms with van der Waals surface area (Å²) in [6.45, 7) is 4.00. The molecule has 0 aliphatic carbocycles. The number of rotatable bonds is 3. The number of aryl methyl sites for hydroxylation is 2. The lowest BCUT2D eigenvalue weighted by Gasteiger charge is -2.07. The van der Waals surface area contributed by atoms with Gasteiger partial charge in [-0.05, 0) is 38.1 Å². The zero-order chi connectivity index (χ0) is 14.1. The molecule has 0 radical (unpaired) electrons. The van der Waals surface area contributed by atoms with Crippen molar-refractivity contribution in [3.05, 3.63) is 58.4 Å². The van der Waals surface area contributed by atoms with E-state index >= 15 is 0 Å². The maximum absolute atomic E-state index is 5.92. The summed E-state index contributed by atoms with van der Waals surface area (Å²) >= 11 is 5.92. The van der Waals surface area contributed by atoms with Crippen LogP contribution in [0.25, 0.3) is 5.69 Å². The van der Waals surface area contributed by atoms with Crippen molar-refractivity contribution in [3.8, 4) is 5.69 Å². The molecule has 1 N–H and O–H groups in total. The second-order valence-corrected chi connectivity index (χ2v) is 5.12. The topological polar surface area (TPSA) is 59.4 Å². The number of hydrogen-bond acceptors (Lipinski definition) is 3. The van der Waals surface area contributed by atoms with E-state index in [1.807, 2.05) is 42.7 Å². The van der Waals surface area contributed by atoms with Crippen molar-refractivity contribution >= 4 is 11.6 Å². The fourth-order valence-corrected chi connectivity index (χ4v) is 2.32. The molecule has 0 saturated carbocycles. The number of hydrogen-bond donors (Lipinski definition) is 1. The average Bonchev–Trinajstić information content (AvgIpc) is 3.02. The number of H-pyrrole nitrogens is 1. The number of nitrogens with zero attached hydrogens (tertiary/aromatic N) is 4. The summed E-state index contributed by atoms with van der Waals surface area (Å²) in [5.41, 5.74) is 4.21. The zero-order valence-corrected chi connectivity index (χ0v) is 12.0. The third-order valence-corrected chi connectivity index (χ3v) is 3.59. The molecular formula is C14H14ClN5. The minimum atomic E-state index is 0.691. The van der Waals surface area contributed by atoms with Crippen molar-refractivity contribution < 1.29 is 0 Å². The van der Waals surface area contributed by atoms with E-state index in [1.54, 1.807) is 6.33 Å². The summed E-state index contributed by atoms with van der Waals surface area (Å²) < 4.78 is 1.96. The highest BCUT2D eigenvalue weighted by molar-refractivity contribution is 6.30. The van der Waals surface area contributed by atoms with E-state index in [9.17, 15) is 0 Å². The van der Waals surface area contributed by atoms with Crippen molar-refractivity contribution in [2.75, 3.05) is 0 Å². The Labute approximate surface area is 121 Å². The fourth-order valence-electron chi connectivity index (χ4n) is 2.19. The molecule has 20 heavy (non-hydrogen) atoms. The second-order valence-electron chi connectivity index (χ2n) is 4.68. The smallest absolute Gasteiger partial charge is 0.141 e. The van der Waals surface area contributed by atoms with Gasteiger partial charge in [-0.25, -0.2) is 0 Å². The van der Waals surface area contributed by atoms with Crippen LogP contribution in [0.4, 0.5) is 0 Å². The Bertz CT molecular complexity index is 707. The van der Waals surface area contributed by atoms with Gasteiger partial charge in [-0.3, -0.25) is 9.67 Å². The van der Waals surface area contributed by atoms with E-state index in [1.165, 1.54) is 0 Å². The third-order valence-electron chi connectivity index (χ3n) is 3.34. The number of halogens is 1. The van der Waals surface area contributed by atoms with Gasteiger partial charge >= 0.3 is 0 Å². The normalized spacial score (nSPS) is 10.9. The van der Waals surface area contributed by atoms with E-state index in [4.69, 9.17) is 11.6 Å². The van der Waals surface area contributed by atoms with Crippen LogP contribution in [0.3, 0.4) is 0 Å². The van der Waals surface area contributed by atoms with Crippen molar-refractivity contribution in [1.29, 1.82) is 0 Å². The van der Waals surface area contributed by atoms with Gasteiger partial charge in [0.1, 0.15) is 12.2 Å². The molecule has 0 aliphatic rings. The molecule has 0 saturated heterocycles. The summed E-state index contributed by atoms with van der Waals surface area (Å²) in [5.74, 6) is 0.875. The summed E-state index contributed by atoms with van der Waals surface area (Å²) in [6, 6.07) is 7.61. The molecule has 0 unspecified atom stereocenters. The van der Waals surface area contributed by atoms with Gasteiger partial charge in [-0.15, -0.1) is 10.2 Å².